The van der Waals surface area contributed by atoms with E-state index < -0.39 is 0 Å². The van der Waals surface area contributed by atoms with E-state index in [1.54, 1.807) is 0 Å². The average molecular weight is 266 g/mol. The zero-order chi connectivity index (χ0) is 13.1. The van der Waals surface area contributed by atoms with Crippen molar-refractivity contribution in [3.05, 3.63) is 23.7 Å². The molecule has 2 aromatic heterocycles. The van der Waals surface area contributed by atoms with Gasteiger partial charge in [0.25, 0.3) is 0 Å². The molecular weight excluding hydrogens is 246 g/mol. The second-order valence-corrected chi connectivity index (χ2v) is 5.09. The number of hydrogen-bond donors (Lipinski definition) is 0. The maximum absolute atomic E-state index is 6.01. The molecule has 1 unspecified atom stereocenters. The molecule has 0 aliphatic rings. The molecule has 0 aromatic carbocycles. The van der Waals surface area contributed by atoms with E-state index in [9.17, 15) is 0 Å². The van der Waals surface area contributed by atoms with Crippen LogP contribution in [0, 0.1) is 6.92 Å². The first kappa shape index (κ1) is 13.3. The summed E-state index contributed by atoms with van der Waals surface area (Å²) in [6.45, 7) is 6.44. The molecule has 0 N–H and O–H groups in total. The van der Waals surface area contributed by atoms with E-state index in [2.05, 4.69) is 28.4 Å². The number of halogens is 1. The standard InChI is InChI=1S/C14H20ClN3/c1-4-5-6-11(3)18-13(9-15)17-12-8-7-10(2)16-14(12)18/h7-8,11H,4-6,9H2,1-3H3. The smallest absolute Gasteiger partial charge is 0.160 e. The molecule has 18 heavy (non-hydrogen) atoms. The average Bonchev–Trinajstić information content (AvgIpc) is 2.73. The van der Waals surface area contributed by atoms with Crippen LogP contribution in [0.4, 0.5) is 0 Å². The monoisotopic (exact) mass is 265 g/mol. The van der Waals surface area contributed by atoms with Crippen LogP contribution in [0.1, 0.15) is 50.7 Å². The van der Waals surface area contributed by atoms with Gasteiger partial charge in [0, 0.05) is 11.7 Å². The van der Waals surface area contributed by atoms with Crippen LogP contribution in [0.25, 0.3) is 11.2 Å². The number of rotatable bonds is 5. The van der Waals surface area contributed by atoms with Crippen LogP contribution < -0.4 is 0 Å². The highest BCUT2D eigenvalue weighted by Crippen LogP contribution is 2.24. The van der Waals surface area contributed by atoms with Gasteiger partial charge in [-0.25, -0.2) is 9.97 Å². The Morgan fingerprint density at radius 2 is 2.11 bits per heavy atom. The summed E-state index contributed by atoms with van der Waals surface area (Å²) in [6.07, 6.45) is 3.56. The Morgan fingerprint density at radius 1 is 1.33 bits per heavy atom. The molecule has 0 aliphatic carbocycles. The fourth-order valence-corrected chi connectivity index (χ4v) is 2.49. The predicted molar refractivity (Wildman–Crippen MR) is 76.1 cm³/mol. The third-order valence-electron chi connectivity index (χ3n) is 3.29. The molecule has 3 nitrogen and oxygen atoms in total. The number of nitrogens with zero attached hydrogens (tertiary/aromatic N) is 3. The summed E-state index contributed by atoms with van der Waals surface area (Å²) in [5.41, 5.74) is 2.93. The molecule has 2 heterocycles. The van der Waals surface area contributed by atoms with Gasteiger partial charge in [0.15, 0.2) is 5.65 Å². The minimum atomic E-state index is 0.401. The first-order chi connectivity index (χ1) is 8.67. The minimum absolute atomic E-state index is 0.401. The topological polar surface area (TPSA) is 30.7 Å². The van der Waals surface area contributed by atoms with E-state index in [4.69, 9.17) is 11.6 Å². The maximum Gasteiger partial charge on any atom is 0.160 e. The quantitative estimate of drug-likeness (QED) is 0.758. The van der Waals surface area contributed by atoms with Gasteiger partial charge in [0.05, 0.1) is 5.88 Å². The fraction of sp³-hybridized carbons (Fsp3) is 0.571. The number of imidazole rings is 1. The van der Waals surface area contributed by atoms with Gasteiger partial charge in [-0.1, -0.05) is 19.8 Å². The Balaban J connectivity index is 2.48. The zero-order valence-corrected chi connectivity index (χ0v) is 12.0. The lowest BCUT2D eigenvalue weighted by atomic mass is 10.1. The summed E-state index contributed by atoms with van der Waals surface area (Å²) in [4.78, 5) is 9.19. The molecule has 98 valence electrons. The van der Waals surface area contributed by atoms with Gasteiger partial charge in [-0.3, -0.25) is 0 Å². The fourth-order valence-electron chi connectivity index (χ4n) is 2.30. The van der Waals surface area contributed by atoms with Crippen molar-refractivity contribution in [3.8, 4) is 0 Å². The van der Waals surface area contributed by atoms with E-state index in [1.165, 1.54) is 12.8 Å². The van der Waals surface area contributed by atoms with Crippen molar-refractivity contribution < 1.29 is 0 Å². The minimum Gasteiger partial charge on any atom is -0.309 e. The first-order valence-corrected chi connectivity index (χ1v) is 7.11. The molecule has 0 aliphatic heterocycles. The second kappa shape index (κ2) is 5.70. The predicted octanol–water partition coefficient (Wildman–Crippen LogP) is 4.23. The number of hydrogen-bond acceptors (Lipinski definition) is 2. The third kappa shape index (κ3) is 2.51. The largest absolute Gasteiger partial charge is 0.309 e. The number of unbranched alkanes of at least 4 members (excludes halogenated alkanes) is 1. The van der Waals surface area contributed by atoms with Crippen LogP contribution >= 0.6 is 11.6 Å². The summed E-state index contributed by atoms with van der Waals surface area (Å²) < 4.78 is 2.20. The third-order valence-corrected chi connectivity index (χ3v) is 3.52. The van der Waals surface area contributed by atoms with Crippen LogP contribution in [0.2, 0.25) is 0 Å². The summed E-state index contributed by atoms with van der Waals surface area (Å²) in [5.74, 6) is 1.36. The van der Waals surface area contributed by atoms with Gasteiger partial charge in [-0.15, -0.1) is 11.6 Å². The number of aromatic nitrogens is 3. The van der Waals surface area contributed by atoms with Gasteiger partial charge < -0.3 is 4.57 Å². The molecule has 0 saturated heterocycles. The highest BCUT2D eigenvalue weighted by atomic mass is 35.5. The molecular formula is C14H20ClN3. The van der Waals surface area contributed by atoms with Gasteiger partial charge in [-0.2, -0.15) is 0 Å². The Hall–Kier alpha value is -1.09. The second-order valence-electron chi connectivity index (χ2n) is 4.82. The maximum atomic E-state index is 6.01. The van der Waals surface area contributed by atoms with Crippen LogP contribution in [-0.4, -0.2) is 14.5 Å². The van der Waals surface area contributed by atoms with Crippen molar-refractivity contribution in [2.45, 2.75) is 52.0 Å². The Morgan fingerprint density at radius 3 is 2.78 bits per heavy atom. The van der Waals surface area contributed by atoms with Crippen molar-refractivity contribution in [1.82, 2.24) is 14.5 Å². The SMILES string of the molecule is CCCCC(C)n1c(CCl)nc2ccc(C)nc21. The van der Waals surface area contributed by atoms with E-state index in [0.29, 0.717) is 11.9 Å². The molecule has 4 heteroatoms. The van der Waals surface area contributed by atoms with Crippen LogP contribution in [0.15, 0.2) is 12.1 Å². The van der Waals surface area contributed by atoms with Crippen molar-refractivity contribution in [3.63, 3.8) is 0 Å². The first-order valence-electron chi connectivity index (χ1n) is 6.57. The Kier molecular flexibility index (Phi) is 4.23. The van der Waals surface area contributed by atoms with Gasteiger partial charge in [0.1, 0.15) is 11.3 Å². The van der Waals surface area contributed by atoms with Crippen LogP contribution in [0.5, 0.6) is 0 Å². The molecule has 0 saturated carbocycles. The van der Waals surface area contributed by atoms with E-state index in [0.717, 1.165) is 29.1 Å². The molecule has 2 rings (SSSR count). The Bertz CT molecular complexity index is 533. The number of aryl methyl sites for hydroxylation is 1. The van der Waals surface area contributed by atoms with Crippen LogP contribution in [0.3, 0.4) is 0 Å². The van der Waals surface area contributed by atoms with Gasteiger partial charge >= 0.3 is 0 Å². The number of fused-ring (bicyclic) bond motifs is 1. The molecule has 2 aromatic rings. The highest BCUT2D eigenvalue weighted by Gasteiger charge is 2.16. The summed E-state index contributed by atoms with van der Waals surface area (Å²) >= 11 is 6.01. The van der Waals surface area contributed by atoms with Crippen molar-refractivity contribution >= 4 is 22.8 Å². The molecule has 0 radical (unpaired) electrons. The lowest BCUT2D eigenvalue weighted by molar-refractivity contribution is 0.483. The zero-order valence-electron chi connectivity index (χ0n) is 11.3. The number of pyridine rings is 1. The molecule has 0 bridgehead atoms. The molecule has 0 spiro atoms. The lowest BCUT2D eigenvalue weighted by Crippen LogP contribution is -2.09. The van der Waals surface area contributed by atoms with Crippen LogP contribution in [-0.2, 0) is 5.88 Å². The lowest BCUT2D eigenvalue weighted by Gasteiger charge is -2.16. The molecule has 1 atom stereocenters. The molecule has 0 amide bonds. The van der Waals surface area contributed by atoms with Gasteiger partial charge in [-0.05, 0) is 32.4 Å². The van der Waals surface area contributed by atoms with E-state index in [1.807, 2.05) is 19.1 Å². The Labute approximate surface area is 113 Å². The van der Waals surface area contributed by atoms with E-state index >= 15 is 0 Å². The van der Waals surface area contributed by atoms with Crippen molar-refractivity contribution in [2.75, 3.05) is 0 Å². The summed E-state index contributed by atoms with van der Waals surface area (Å²) in [7, 11) is 0. The van der Waals surface area contributed by atoms with Crippen molar-refractivity contribution in [2.24, 2.45) is 0 Å². The summed E-state index contributed by atoms with van der Waals surface area (Å²) in [6, 6.07) is 4.42. The van der Waals surface area contributed by atoms with Gasteiger partial charge in [0.2, 0.25) is 0 Å². The number of alkyl halides is 1. The van der Waals surface area contributed by atoms with Crippen molar-refractivity contribution in [1.29, 1.82) is 0 Å². The molecule has 0 fully saturated rings. The summed E-state index contributed by atoms with van der Waals surface area (Å²) in [5, 5.41) is 0. The highest BCUT2D eigenvalue weighted by molar-refractivity contribution is 6.16. The van der Waals surface area contributed by atoms with E-state index in [-0.39, 0.29) is 0 Å². The normalized spacial score (nSPS) is 13.1.